The van der Waals surface area contributed by atoms with Crippen molar-refractivity contribution in [2.45, 2.75) is 0 Å². The second-order valence-electron chi connectivity index (χ2n) is 12.9. The van der Waals surface area contributed by atoms with Crippen LogP contribution in [0, 0.1) is 0 Å². The molecule has 0 N–H and O–H groups in total. The van der Waals surface area contributed by atoms with E-state index in [1.807, 2.05) is 11.3 Å². The van der Waals surface area contributed by atoms with Gasteiger partial charge in [0, 0.05) is 59.1 Å². The zero-order chi connectivity index (χ0) is 33.7. The lowest BCUT2D eigenvalue weighted by molar-refractivity contribution is 1.18. The standard InChI is InChI=1S/C48H32N2S/c1-3-16-33(17-4-1)49(34-18-5-2-6-19-34)35-30-31-36(43(32-35)42-25-15-24-41-40-23-10-14-29-47(40)51-48(41)42)37-20-7-11-26-44(37)50-45-27-12-8-21-38(45)39-22-9-13-28-46(39)50/h1-32H. The average molecular weight is 669 g/mol. The molecule has 0 radical (unpaired) electrons. The lowest BCUT2D eigenvalue weighted by atomic mass is 9.91. The molecule has 0 spiro atoms. The second kappa shape index (κ2) is 12.2. The van der Waals surface area contributed by atoms with Crippen molar-refractivity contribution in [1.29, 1.82) is 0 Å². The Bertz CT molecular complexity index is 2770. The number of fused-ring (bicyclic) bond motifs is 6. The van der Waals surface area contributed by atoms with E-state index in [1.165, 1.54) is 64.2 Å². The van der Waals surface area contributed by atoms with Gasteiger partial charge in [-0.3, -0.25) is 0 Å². The Kier molecular flexibility index (Phi) is 7.04. The molecule has 10 rings (SSSR count). The van der Waals surface area contributed by atoms with Crippen molar-refractivity contribution in [1.82, 2.24) is 4.57 Å². The minimum absolute atomic E-state index is 1.11. The third kappa shape index (κ3) is 4.85. The van der Waals surface area contributed by atoms with Gasteiger partial charge in [0.15, 0.2) is 0 Å². The topological polar surface area (TPSA) is 8.17 Å². The molecule has 51 heavy (non-hydrogen) atoms. The molecule has 0 atom stereocenters. The van der Waals surface area contributed by atoms with Crippen LogP contribution in [0.4, 0.5) is 17.1 Å². The van der Waals surface area contributed by atoms with Gasteiger partial charge in [-0.05, 0) is 71.8 Å². The molecule has 8 aromatic carbocycles. The molecule has 0 unspecified atom stereocenters. The molecule has 240 valence electrons. The van der Waals surface area contributed by atoms with Crippen molar-refractivity contribution in [3.05, 3.63) is 194 Å². The van der Waals surface area contributed by atoms with Crippen LogP contribution >= 0.6 is 11.3 Å². The highest BCUT2D eigenvalue weighted by atomic mass is 32.1. The molecule has 0 bridgehead atoms. The number of para-hydroxylation sites is 5. The van der Waals surface area contributed by atoms with Gasteiger partial charge in [0.2, 0.25) is 0 Å². The summed E-state index contributed by atoms with van der Waals surface area (Å²) in [5, 5.41) is 5.12. The largest absolute Gasteiger partial charge is 0.310 e. The second-order valence-corrected chi connectivity index (χ2v) is 14.0. The van der Waals surface area contributed by atoms with Gasteiger partial charge in [-0.15, -0.1) is 11.3 Å². The molecule has 0 fully saturated rings. The van der Waals surface area contributed by atoms with Crippen LogP contribution in [-0.2, 0) is 0 Å². The van der Waals surface area contributed by atoms with E-state index in [0.717, 1.165) is 22.7 Å². The monoisotopic (exact) mass is 668 g/mol. The zero-order valence-electron chi connectivity index (χ0n) is 27.8. The van der Waals surface area contributed by atoms with Crippen molar-refractivity contribution < 1.29 is 0 Å². The van der Waals surface area contributed by atoms with Gasteiger partial charge < -0.3 is 9.47 Å². The first-order chi connectivity index (χ1) is 25.3. The summed E-state index contributed by atoms with van der Waals surface area (Å²) >= 11 is 1.88. The normalized spacial score (nSPS) is 11.5. The number of aromatic nitrogens is 1. The predicted octanol–water partition coefficient (Wildman–Crippen LogP) is 14.0. The van der Waals surface area contributed by atoms with Gasteiger partial charge in [0.05, 0.1) is 16.7 Å². The van der Waals surface area contributed by atoms with E-state index in [0.29, 0.717) is 0 Å². The lowest BCUT2D eigenvalue weighted by Gasteiger charge is -2.27. The van der Waals surface area contributed by atoms with Gasteiger partial charge in [0.1, 0.15) is 0 Å². The molecule has 2 aromatic heterocycles. The quantitative estimate of drug-likeness (QED) is 0.171. The molecule has 0 aliphatic rings. The van der Waals surface area contributed by atoms with Crippen LogP contribution < -0.4 is 4.90 Å². The molecule has 3 heteroatoms. The van der Waals surface area contributed by atoms with Crippen LogP contribution in [-0.4, -0.2) is 4.57 Å². The fourth-order valence-electron chi connectivity index (χ4n) is 7.77. The van der Waals surface area contributed by atoms with Gasteiger partial charge >= 0.3 is 0 Å². The van der Waals surface area contributed by atoms with Gasteiger partial charge in [-0.25, -0.2) is 0 Å². The Morgan fingerprint density at radius 3 is 1.61 bits per heavy atom. The van der Waals surface area contributed by atoms with Crippen LogP contribution in [0.3, 0.4) is 0 Å². The maximum atomic E-state index is 2.44. The minimum Gasteiger partial charge on any atom is -0.310 e. The molecular weight excluding hydrogens is 637 g/mol. The Morgan fingerprint density at radius 2 is 0.902 bits per heavy atom. The Labute approximate surface area is 300 Å². The number of nitrogens with zero attached hydrogens (tertiary/aromatic N) is 2. The van der Waals surface area contributed by atoms with Crippen molar-refractivity contribution in [2.24, 2.45) is 0 Å². The summed E-state index contributed by atoms with van der Waals surface area (Å²) in [6, 6.07) is 70.3. The molecule has 0 aliphatic carbocycles. The van der Waals surface area contributed by atoms with Gasteiger partial charge in [-0.1, -0.05) is 133 Å². The summed E-state index contributed by atoms with van der Waals surface area (Å²) < 4.78 is 5.05. The summed E-state index contributed by atoms with van der Waals surface area (Å²) in [4.78, 5) is 2.36. The van der Waals surface area contributed by atoms with Crippen LogP contribution in [0.5, 0.6) is 0 Å². The highest BCUT2D eigenvalue weighted by molar-refractivity contribution is 7.26. The first kappa shape index (κ1) is 29.5. The number of hydrogen-bond acceptors (Lipinski definition) is 2. The molecule has 10 aromatic rings. The smallest absolute Gasteiger partial charge is 0.0541 e. The lowest BCUT2D eigenvalue weighted by Crippen LogP contribution is -2.10. The fourth-order valence-corrected chi connectivity index (χ4v) is 9.00. The molecule has 0 saturated heterocycles. The molecule has 0 aliphatic heterocycles. The summed E-state index contributed by atoms with van der Waals surface area (Å²) in [6.45, 7) is 0. The molecule has 2 heterocycles. The van der Waals surface area contributed by atoms with Crippen LogP contribution in [0.15, 0.2) is 194 Å². The number of anilines is 3. The highest BCUT2D eigenvalue weighted by Gasteiger charge is 2.21. The fraction of sp³-hybridized carbons (Fsp3) is 0. The maximum Gasteiger partial charge on any atom is 0.0541 e. The molecule has 0 saturated carbocycles. The first-order valence-corrected chi connectivity index (χ1v) is 18.2. The zero-order valence-corrected chi connectivity index (χ0v) is 28.6. The predicted molar refractivity (Wildman–Crippen MR) is 219 cm³/mol. The van der Waals surface area contributed by atoms with Crippen molar-refractivity contribution in [3.8, 4) is 27.9 Å². The Morgan fingerprint density at radius 1 is 0.353 bits per heavy atom. The van der Waals surface area contributed by atoms with Gasteiger partial charge in [0.25, 0.3) is 0 Å². The van der Waals surface area contributed by atoms with Crippen LogP contribution in [0.25, 0.3) is 69.9 Å². The van der Waals surface area contributed by atoms with E-state index >= 15 is 0 Å². The van der Waals surface area contributed by atoms with Crippen molar-refractivity contribution in [3.63, 3.8) is 0 Å². The maximum absolute atomic E-state index is 2.44. The SMILES string of the molecule is c1ccc(N(c2ccccc2)c2ccc(-c3ccccc3-n3c4ccccc4c4ccccc43)c(-c3cccc4c3sc3ccccc34)c2)cc1. The Balaban J connectivity index is 1.28. The van der Waals surface area contributed by atoms with E-state index in [-0.39, 0.29) is 0 Å². The van der Waals surface area contributed by atoms with E-state index in [1.54, 1.807) is 0 Å². The third-order valence-corrected chi connectivity index (χ3v) is 11.2. The van der Waals surface area contributed by atoms with Crippen molar-refractivity contribution >= 4 is 70.4 Å². The Hall–Kier alpha value is -6.42. The van der Waals surface area contributed by atoms with E-state index in [9.17, 15) is 0 Å². The summed E-state index contributed by atoms with van der Waals surface area (Å²) in [5.41, 5.74) is 11.7. The third-order valence-electron chi connectivity index (χ3n) is 10.00. The van der Waals surface area contributed by atoms with Crippen molar-refractivity contribution in [2.75, 3.05) is 4.90 Å². The molecule has 0 amide bonds. The van der Waals surface area contributed by atoms with E-state index in [4.69, 9.17) is 0 Å². The minimum atomic E-state index is 1.11. The summed E-state index contributed by atoms with van der Waals surface area (Å²) in [7, 11) is 0. The van der Waals surface area contributed by atoms with Crippen LogP contribution in [0.2, 0.25) is 0 Å². The van der Waals surface area contributed by atoms with Gasteiger partial charge in [-0.2, -0.15) is 0 Å². The van der Waals surface area contributed by atoms with E-state index < -0.39 is 0 Å². The highest BCUT2D eigenvalue weighted by Crippen LogP contribution is 2.47. The van der Waals surface area contributed by atoms with E-state index in [2.05, 4.69) is 204 Å². The number of rotatable bonds is 6. The number of benzene rings is 8. The number of thiophene rings is 1. The summed E-state index contributed by atoms with van der Waals surface area (Å²) in [6.07, 6.45) is 0. The molecular formula is C48H32N2S. The number of hydrogen-bond donors (Lipinski definition) is 0. The summed E-state index contributed by atoms with van der Waals surface area (Å²) in [5.74, 6) is 0. The first-order valence-electron chi connectivity index (χ1n) is 17.4. The molecule has 2 nitrogen and oxygen atoms in total. The average Bonchev–Trinajstić information content (AvgIpc) is 3.75. The van der Waals surface area contributed by atoms with Crippen LogP contribution in [0.1, 0.15) is 0 Å².